The van der Waals surface area contributed by atoms with Gasteiger partial charge < -0.3 is 9.47 Å². The lowest BCUT2D eigenvalue weighted by Crippen LogP contribution is -2.32. The third-order valence-corrected chi connectivity index (χ3v) is 2.51. The summed E-state index contributed by atoms with van der Waals surface area (Å²) in [5.41, 5.74) is -1.39. The summed E-state index contributed by atoms with van der Waals surface area (Å²) in [4.78, 5) is 38.4. The molecule has 0 saturated carbocycles. The summed E-state index contributed by atoms with van der Waals surface area (Å²) in [6, 6.07) is 1.24. The topological polar surface area (TPSA) is 109 Å². The maximum absolute atomic E-state index is 12.3. The predicted molar refractivity (Wildman–Crippen MR) is 76.1 cm³/mol. The molecule has 0 aromatic carbocycles. The highest BCUT2D eigenvalue weighted by Gasteiger charge is 2.38. The van der Waals surface area contributed by atoms with E-state index in [9.17, 15) is 19.7 Å². The molecule has 1 atom stereocenters. The number of rotatable bonds is 5. The lowest BCUT2D eigenvalue weighted by Gasteiger charge is -2.23. The molecular formula is C14H18N2O6. The van der Waals surface area contributed by atoms with Crippen LogP contribution in [0.2, 0.25) is 0 Å². The number of nitrogens with zero attached hydrogens (tertiary/aromatic N) is 2. The zero-order valence-electron chi connectivity index (χ0n) is 12.9. The number of carbonyl (C=O) groups is 2. The fraction of sp³-hybridized carbons (Fsp3) is 0.500. The molecule has 0 amide bonds. The summed E-state index contributed by atoms with van der Waals surface area (Å²) in [6.45, 7) is 6.51. The first kappa shape index (κ1) is 17.5. The highest BCUT2D eigenvalue weighted by atomic mass is 16.6. The first-order valence-corrected chi connectivity index (χ1v) is 6.65. The molecule has 120 valence electrons. The number of carbonyl (C=O) groups excluding carboxylic acids is 2. The van der Waals surface area contributed by atoms with Crippen molar-refractivity contribution >= 4 is 17.6 Å². The van der Waals surface area contributed by atoms with Gasteiger partial charge in [0.15, 0.2) is 5.92 Å². The van der Waals surface area contributed by atoms with Crippen LogP contribution in [0.15, 0.2) is 18.5 Å². The van der Waals surface area contributed by atoms with E-state index < -0.39 is 34.1 Å². The number of nitro groups is 1. The van der Waals surface area contributed by atoms with Crippen molar-refractivity contribution < 1.29 is 24.0 Å². The molecular weight excluding hydrogens is 292 g/mol. The van der Waals surface area contributed by atoms with E-state index in [0.717, 1.165) is 6.20 Å². The van der Waals surface area contributed by atoms with Crippen LogP contribution < -0.4 is 0 Å². The second kappa shape index (κ2) is 6.97. The number of hydrogen-bond donors (Lipinski definition) is 0. The van der Waals surface area contributed by atoms with Crippen molar-refractivity contribution in [2.24, 2.45) is 0 Å². The number of hydrogen-bond acceptors (Lipinski definition) is 7. The molecule has 1 aromatic heterocycles. The molecule has 0 aliphatic heterocycles. The largest absolute Gasteiger partial charge is 0.465 e. The Hall–Kier alpha value is -2.51. The minimum absolute atomic E-state index is 0.0387. The zero-order chi connectivity index (χ0) is 16.9. The Labute approximate surface area is 127 Å². The van der Waals surface area contributed by atoms with E-state index >= 15 is 0 Å². The minimum Gasteiger partial charge on any atom is -0.465 e. The molecule has 0 N–H and O–H groups in total. The molecule has 0 aliphatic rings. The number of pyridine rings is 1. The molecule has 0 spiro atoms. The van der Waals surface area contributed by atoms with Crippen LogP contribution >= 0.6 is 0 Å². The monoisotopic (exact) mass is 310 g/mol. The molecule has 0 unspecified atom stereocenters. The van der Waals surface area contributed by atoms with E-state index in [0.29, 0.717) is 0 Å². The van der Waals surface area contributed by atoms with Gasteiger partial charge in [0.1, 0.15) is 11.8 Å². The van der Waals surface area contributed by atoms with Gasteiger partial charge in [-0.15, -0.1) is 0 Å². The average Bonchev–Trinajstić information content (AvgIpc) is 2.37. The maximum atomic E-state index is 12.3. The summed E-state index contributed by atoms with van der Waals surface area (Å²) < 4.78 is 10.0. The van der Waals surface area contributed by atoms with E-state index in [2.05, 4.69) is 4.98 Å². The summed E-state index contributed by atoms with van der Waals surface area (Å²) in [6.07, 6.45) is 2.24. The summed E-state index contributed by atoms with van der Waals surface area (Å²) >= 11 is 0. The van der Waals surface area contributed by atoms with Crippen LogP contribution in [0, 0.1) is 10.1 Å². The van der Waals surface area contributed by atoms with E-state index in [-0.39, 0.29) is 12.2 Å². The Morgan fingerprint density at radius 3 is 2.50 bits per heavy atom. The minimum atomic E-state index is -1.53. The van der Waals surface area contributed by atoms with Gasteiger partial charge in [0, 0.05) is 6.20 Å². The fourth-order valence-electron chi connectivity index (χ4n) is 1.73. The standard InChI is InChI=1S/C14H18N2O6/c1-5-21-12(17)11(13(18)22-14(2,3)4)9-6-7-15-8-10(9)16(19)20/h6-8,11H,5H2,1-4H3/t11-/m0/s1. The number of aromatic nitrogens is 1. The Bertz CT molecular complexity index is 579. The highest BCUT2D eigenvalue weighted by molar-refractivity contribution is 6.01. The molecule has 0 bridgehead atoms. The molecule has 0 radical (unpaired) electrons. The van der Waals surface area contributed by atoms with E-state index in [1.54, 1.807) is 27.7 Å². The molecule has 8 nitrogen and oxygen atoms in total. The quantitative estimate of drug-likeness (QED) is 0.354. The van der Waals surface area contributed by atoms with Crippen molar-refractivity contribution in [2.45, 2.75) is 39.2 Å². The molecule has 0 fully saturated rings. The Kier molecular flexibility index (Phi) is 5.56. The maximum Gasteiger partial charge on any atom is 0.325 e. The molecule has 1 aromatic rings. The first-order chi connectivity index (χ1) is 10.2. The molecule has 1 rings (SSSR count). The third kappa shape index (κ3) is 4.51. The van der Waals surface area contributed by atoms with Crippen molar-refractivity contribution in [1.82, 2.24) is 4.98 Å². The Morgan fingerprint density at radius 2 is 2.00 bits per heavy atom. The average molecular weight is 310 g/mol. The third-order valence-electron chi connectivity index (χ3n) is 2.51. The van der Waals surface area contributed by atoms with Crippen molar-refractivity contribution in [3.8, 4) is 0 Å². The van der Waals surface area contributed by atoms with Gasteiger partial charge in [-0.2, -0.15) is 0 Å². The summed E-state index contributed by atoms with van der Waals surface area (Å²) in [5, 5.41) is 11.1. The summed E-state index contributed by atoms with van der Waals surface area (Å²) in [5.74, 6) is -3.33. The lowest BCUT2D eigenvalue weighted by molar-refractivity contribution is -0.386. The summed E-state index contributed by atoms with van der Waals surface area (Å²) in [7, 11) is 0. The van der Waals surface area contributed by atoms with Crippen molar-refractivity contribution in [2.75, 3.05) is 6.61 Å². The SMILES string of the molecule is CCOC(=O)[C@@H](C(=O)OC(C)(C)C)c1ccncc1[N+](=O)[O-]. The van der Waals surface area contributed by atoms with Crippen molar-refractivity contribution in [3.05, 3.63) is 34.1 Å². The Balaban J connectivity index is 3.30. The smallest absolute Gasteiger partial charge is 0.325 e. The highest BCUT2D eigenvalue weighted by Crippen LogP contribution is 2.29. The van der Waals surface area contributed by atoms with Gasteiger partial charge in [-0.25, -0.2) is 0 Å². The van der Waals surface area contributed by atoms with Gasteiger partial charge in [0.2, 0.25) is 0 Å². The normalized spacial score (nSPS) is 12.4. The fourth-order valence-corrected chi connectivity index (χ4v) is 1.73. The lowest BCUT2D eigenvalue weighted by atomic mass is 9.98. The van der Waals surface area contributed by atoms with Crippen LogP contribution in [0.5, 0.6) is 0 Å². The van der Waals surface area contributed by atoms with Crippen LogP contribution in [-0.2, 0) is 19.1 Å². The molecule has 1 heterocycles. The molecule has 8 heteroatoms. The van der Waals surface area contributed by atoms with E-state index in [1.807, 2.05) is 0 Å². The van der Waals surface area contributed by atoms with Crippen LogP contribution in [0.1, 0.15) is 39.2 Å². The molecule has 22 heavy (non-hydrogen) atoms. The van der Waals surface area contributed by atoms with Gasteiger partial charge in [-0.1, -0.05) is 0 Å². The van der Waals surface area contributed by atoms with Crippen molar-refractivity contribution in [3.63, 3.8) is 0 Å². The first-order valence-electron chi connectivity index (χ1n) is 6.65. The van der Waals surface area contributed by atoms with Gasteiger partial charge in [0.05, 0.1) is 17.1 Å². The van der Waals surface area contributed by atoms with Gasteiger partial charge in [-0.3, -0.25) is 24.7 Å². The van der Waals surface area contributed by atoms with Crippen molar-refractivity contribution in [1.29, 1.82) is 0 Å². The zero-order valence-corrected chi connectivity index (χ0v) is 12.9. The second-order valence-corrected chi connectivity index (χ2v) is 5.41. The van der Waals surface area contributed by atoms with E-state index in [4.69, 9.17) is 9.47 Å². The predicted octanol–water partition coefficient (Wildman–Crippen LogP) is 1.98. The van der Waals surface area contributed by atoms with Crippen LogP contribution in [0.25, 0.3) is 0 Å². The second-order valence-electron chi connectivity index (χ2n) is 5.41. The number of ether oxygens (including phenoxy) is 2. The van der Waals surface area contributed by atoms with Crippen LogP contribution in [-0.4, -0.2) is 34.1 Å². The molecule has 0 saturated heterocycles. The van der Waals surface area contributed by atoms with Gasteiger partial charge in [-0.05, 0) is 33.8 Å². The Morgan fingerprint density at radius 1 is 1.36 bits per heavy atom. The molecule has 0 aliphatic carbocycles. The van der Waals surface area contributed by atoms with Crippen LogP contribution in [0.4, 0.5) is 5.69 Å². The number of esters is 2. The van der Waals surface area contributed by atoms with Gasteiger partial charge in [0.25, 0.3) is 5.69 Å². The van der Waals surface area contributed by atoms with E-state index in [1.165, 1.54) is 12.3 Å². The van der Waals surface area contributed by atoms with Gasteiger partial charge >= 0.3 is 11.9 Å². The van der Waals surface area contributed by atoms with Crippen LogP contribution in [0.3, 0.4) is 0 Å².